The molecule has 0 aliphatic carbocycles. The quantitative estimate of drug-likeness (QED) is 0.147. The summed E-state index contributed by atoms with van der Waals surface area (Å²) in [4.78, 5) is 61.6. The molecule has 2 aliphatic rings. The third kappa shape index (κ3) is 6.00. The molecule has 236 valence electrons. The minimum Gasteiger partial charge on any atom is -0.479 e. The van der Waals surface area contributed by atoms with E-state index in [0.29, 0.717) is 6.42 Å². The van der Waals surface area contributed by atoms with Crippen molar-refractivity contribution in [2.45, 2.75) is 94.3 Å². The fourth-order valence-electron chi connectivity index (χ4n) is 5.70. The lowest BCUT2D eigenvalue weighted by molar-refractivity contribution is -0.374. The van der Waals surface area contributed by atoms with Crippen LogP contribution in [-0.2, 0) is 49.3 Å². The van der Waals surface area contributed by atoms with E-state index in [4.69, 9.17) is 18.9 Å². The largest absolute Gasteiger partial charge is 0.479 e. The summed E-state index contributed by atoms with van der Waals surface area (Å²) in [5.74, 6) is -11.3. The summed E-state index contributed by atoms with van der Waals surface area (Å²) in [5, 5.41) is 52.6. The molecule has 1 aromatic carbocycles. The first kappa shape index (κ1) is 33.6. The second kappa shape index (κ2) is 12.8. The molecule has 1 aromatic rings. The first-order chi connectivity index (χ1) is 20.1. The van der Waals surface area contributed by atoms with Crippen LogP contribution in [0, 0.1) is 5.92 Å². The highest BCUT2D eigenvalue weighted by molar-refractivity contribution is 5.98. The fraction of sp³-hybridized carbons (Fsp3) is 0.552. The van der Waals surface area contributed by atoms with Gasteiger partial charge >= 0.3 is 29.8 Å². The average Bonchev–Trinajstić information content (AvgIpc) is 3.14. The SMILES string of the molecule is C=C(CC[C@@]12O[C@H](C(=O)O)[C@@](O)(C(=O)O)[C@@](C(=O)O)(O1)[C@H](OC(=O)CCC)[C@H]2O)C(OC(C)=O)C(C)Cc1ccccc1. The van der Waals surface area contributed by atoms with Crippen LogP contribution >= 0.6 is 0 Å². The molecule has 2 fully saturated rings. The molecule has 0 amide bonds. The maximum atomic E-state index is 12.7. The Labute approximate surface area is 246 Å². The number of aliphatic hydroxyl groups is 2. The Kier molecular flexibility index (Phi) is 10.0. The molecule has 2 aliphatic heterocycles. The molecule has 8 atom stereocenters. The summed E-state index contributed by atoms with van der Waals surface area (Å²) in [6.07, 6.45) is -8.73. The first-order valence-electron chi connectivity index (χ1n) is 13.6. The second-order valence-electron chi connectivity index (χ2n) is 10.8. The van der Waals surface area contributed by atoms with Gasteiger partial charge in [-0.3, -0.25) is 9.59 Å². The van der Waals surface area contributed by atoms with E-state index >= 15 is 0 Å². The highest BCUT2D eigenvalue weighted by atomic mass is 16.8. The van der Waals surface area contributed by atoms with Crippen molar-refractivity contribution in [3.8, 4) is 0 Å². The lowest BCUT2D eigenvalue weighted by atomic mass is 9.74. The average molecular weight is 609 g/mol. The molecule has 2 bridgehead atoms. The Hall–Kier alpha value is -3.85. The molecule has 3 rings (SSSR count). The van der Waals surface area contributed by atoms with Crippen LogP contribution in [0.25, 0.3) is 0 Å². The topological polar surface area (TPSA) is 223 Å². The number of ether oxygens (including phenoxy) is 4. The Morgan fingerprint density at radius 3 is 2.19 bits per heavy atom. The van der Waals surface area contributed by atoms with Crippen molar-refractivity contribution in [1.29, 1.82) is 0 Å². The molecule has 2 saturated heterocycles. The molecule has 0 radical (unpaired) electrons. The molecule has 5 N–H and O–H groups in total. The zero-order valence-electron chi connectivity index (χ0n) is 23.9. The van der Waals surface area contributed by atoms with Crippen LogP contribution in [0.15, 0.2) is 42.5 Å². The second-order valence-corrected chi connectivity index (χ2v) is 10.8. The number of hydrogen-bond acceptors (Lipinski definition) is 11. The summed E-state index contributed by atoms with van der Waals surface area (Å²) in [5.41, 5.74) is -6.17. The molecule has 2 unspecified atom stereocenters. The van der Waals surface area contributed by atoms with Gasteiger partial charge in [0.15, 0.2) is 6.10 Å². The molecular formula is C29H36O14. The Balaban J connectivity index is 2.03. The monoisotopic (exact) mass is 608 g/mol. The van der Waals surface area contributed by atoms with Gasteiger partial charge in [-0.05, 0) is 30.4 Å². The highest BCUT2D eigenvalue weighted by Crippen LogP contribution is 2.56. The van der Waals surface area contributed by atoms with E-state index in [1.165, 1.54) is 6.92 Å². The van der Waals surface area contributed by atoms with Gasteiger partial charge in [0.05, 0.1) is 0 Å². The van der Waals surface area contributed by atoms with Gasteiger partial charge in [-0.2, -0.15) is 0 Å². The number of carbonyl (C=O) groups excluding carboxylic acids is 2. The molecule has 0 aromatic heterocycles. The van der Waals surface area contributed by atoms with E-state index in [1.54, 1.807) is 13.8 Å². The normalized spacial score (nSPS) is 31.0. The maximum absolute atomic E-state index is 12.7. The third-order valence-electron chi connectivity index (χ3n) is 7.72. The minimum atomic E-state index is -3.86. The molecule has 14 heteroatoms. The number of esters is 2. The van der Waals surface area contributed by atoms with E-state index in [2.05, 4.69) is 6.58 Å². The maximum Gasteiger partial charge on any atom is 0.344 e. The Morgan fingerprint density at radius 2 is 1.67 bits per heavy atom. The van der Waals surface area contributed by atoms with Crippen LogP contribution in [0.1, 0.15) is 52.0 Å². The predicted molar refractivity (Wildman–Crippen MR) is 143 cm³/mol. The zero-order valence-corrected chi connectivity index (χ0v) is 23.9. The van der Waals surface area contributed by atoms with E-state index in [9.17, 15) is 49.5 Å². The number of carbonyl (C=O) groups is 5. The lowest BCUT2D eigenvalue weighted by Crippen LogP contribution is -2.78. The number of carboxylic acids is 3. The van der Waals surface area contributed by atoms with Crippen molar-refractivity contribution < 1.29 is 68.5 Å². The molecule has 0 saturated carbocycles. The van der Waals surface area contributed by atoms with Crippen LogP contribution in [0.5, 0.6) is 0 Å². The highest BCUT2D eigenvalue weighted by Gasteiger charge is 2.85. The van der Waals surface area contributed by atoms with Crippen LogP contribution in [0.2, 0.25) is 0 Å². The zero-order chi connectivity index (χ0) is 32.3. The van der Waals surface area contributed by atoms with Gasteiger partial charge in [0.25, 0.3) is 0 Å². The number of aliphatic hydroxyl groups excluding tert-OH is 1. The van der Waals surface area contributed by atoms with Crippen molar-refractivity contribution >= 4 is 29.8 Å². The molecule has 43 heavy (non-hydrogen) atoms. The van der Waals surface area contributed by atoms with Gasteiger partial charge in [-0.15, -0.1) is 0 Å². The predicted octanol–water partition coefficient (Wildman–Crippen LogP) is 1.06. The number of rotatable bonds is 14. The summed E-state index contributed by atoms with van der Waals surface area (Å²) in [7, 11) is 0. The number of carboxylic acid groups (broad SMARTS) is 3. The van der Waals surface area contributed by atoms with E-state index in [-0.39, 0.29) is 30.8 Å². The standard InChI is InChI=1S/C29H36O14/c1-5-9-19(31)41-22-21(32)27(42-23(24(33)34)28(39,25(35)36)29(22,43-27)26(37)38)13-12-15(2)20(40-17(4)30)16(3)14-18-10-7-6-8-11-18/h6-8,10-11,16,20-23,32,39H,2,5,9,12-14H2,1,3-4H3,(H,33,34)(H,35,36)(H,37,38)/t16?,20?,21-,22-,23-,27-,28-,29-/m1/s1. The molecule has 2 heterocycles. The van der Waals surface area contributed by atoms with E-state index in [1.807, 2.05) is 30.3 Å². The summed E-state index contributed by atoms with van der Waals surface area (Å²) in [6, 6.07) is 9.27. The molecule has 0 spiro atoms. The number of aliphatic carboxylic acids is 3. The van der Waals surface area contributed by atoms with Gasteiger partial charge in [-0.25, -0.2) is 14.4 Å². The third-order valence-corrected chi connectivity index (χ3v) is 7.72. The summed E-state index contributed by atoms with van der Waals surface area (Å²) >= 11 is 0. The van der Waals surface area contributed by atoms with Gasteiger partial charge in [-0.1, -0.05) is 50.8 Å². The molecular weight excluding hydrogens is 572 g/mol. The van der Waals surface area contributed by atoms with Crippen LogP contribution < -0.4 is 0 Å². The van der Waals surface area contributed by atoms with E-state index in [0.717, 1.165) is 5.56 Å². The molecule has 14 nitrogen and oxygen atoms in total. The van der Waals surface area contributed by atoms with Crippen molar-refractivity contribution in [2.75, 3.05) is 0 Å². The number of fused-ring (bicyclic) bond motifs is 2. The van der Waals surface area contributed by atoms with Gasteiger partial charge in [0.2, 0.25) is 23.1 Å². The Morgan fingerprint density at radius 1 is 1.05 bits per heavy atom. The Bertz CT molecular complexity index is 1260. The van der Waals surface area contributed by atoms with Crippen molar-refractivity contribution in [3.05, 3.63) is 48.0 Å². The van der Waals surface area contributed by atoms with Gasteiger partial charge in [0, 0.05) is 25.7 Å². The number of benzene rings is 1. The fourth-order valence-corrected chi connectivity index (χ4v) is 5.70. The van der Waals surface area contributed by atoms with Crippen LogP contribution in [0.3, 0.4) is 0 Å². The smallest absolute Gasteiger partial charge is 0.344 e. The van der Waals surface area contributed by atoms with Crippen LogP contribution in [-0.4, -0.2) is 96.8 Å². The van der Waals surface area contributed by atoms with Crippen LogP contribution in [0.4, 0.5) is 0 Å². The lowest BCUT2D eigenvalue weighted by Gasteiger charge is -2.48. The van der Waals surface area contributed by atoms with Crippen molar-refractivity contribution in [2.24, 2.45) is 5.92 Å². The van der Waals surface area contributed by atoms with Crippen molar-refractivity contribution in [3.63, 3.8) is 0 Å². The minimum absolute atomic E-state index is 0.225. The summed E-state index contributed by atoms with van der Waals surface area (Å²) in [6.45, 7) is 8.57. The van der Waals surface area contributed by atoms with E-state index < -0.39 is 77.7 Å². The van der Waals surface area contributed by atoms with Gasteiger partial charge in [0.1, 0.15) is 12.2 Å². The number of hydrogen-bond donors (Lipinski definition) is 5. The van der Waals surface area contributed by atoms with Crippen molar-refractivity contribution in [1.82, 2.24) is 0 Å². The first-order valence-corrected chi connectivity index (χ1v) is 13.6. The summed E-state index contributed by atoms with van der Waals surface area (Å²) < 4.78 is 21.7. The van der Waals surface area contributed by atoms with Gasteiger partial charge < -0.3 is 44.5 Å².